The number of ether oxygens (including phenoxy) is 1. The number of benzene rings is 2. The molecule has 1 amide bonds. The minimum absolute atomic E-state index is 0.0628. The summed E-state index contributed by atoms with van der Waals surface area (Å²) in [7, 11) is 0. The Bertz CT molecular complexity index is 1220. The Labute approximate surface area is 191 Å². The van der Waals surface area contributed by atoms with Crippen molar-refractivity contribution >= 4 is 39.0 Å². The highest BCUT2D eigenvalue weighted by molar-refractivity contribution is 7.19. The third-order valence-electron chi connectivity index (χ3n) is 5.10. The molecule has 0 saturated carbocycles. The van der Waals surface area contributed by atoms with Gasteiger partial charge >= 0.3 is 0 Å². The standard InChI is InChI=1S/C25H26N4O2S/c1-4-31-20-11-9-19(10-12-20)29-21(30)13-14-26-24-23-22(18-7-5-16(2)6-8-18)17(3)32-25(23)28-15-27-24/h5-12,15H,4,13-14H2,1-3H3,(H,29,30)(H,26,27,28). The van der Waals surface area contributed by atoms with E-state index in [9.17, 15) is 4.79 Å². The summed E-state index contributed by atoms with van der Waals surface area (Å²) in [5.41, 5.74) is 4.26. The van der Waals surface area contributed by atoms with E-state index in [0.29, 0.717) is 19.6 Å². The van der Waals surface area contributed by atoms with E-state index < -0.39 is 0 Å². The number of rotatable bonds is 8. The fourth-order valence-corrected chi connectivity index (χ4v) is 4.58. The summed E-state index contributed by atoms with van der Waals surface area (Å²) in [5, 5.41) is 7.26. The Morgan fingerprint density at radius 2 is 1.78 bits per heavy atom. The van der Waals surface area contributed by atoms with Crippen molar-refractivity contribution in [2.24, 2.45) is 0 Å². The van der Waals surface area contributed by atoms with Gasteiger partial charge in [-0.25, -0.2) is 9.97 Å². The first-order chi connectivity index (χ1) is 15.5. The molecular formula is C25H26N4O2S. The number of carbonyl (C=O) groups is 1. The molecule has 0 bridgehead atoms. The lowest BCUT2D eigenvalue weighted by atomic mass is 10.0. The molecule has 0 saturated heterocycles. The maximum atomic E-state index is 12.4. The Balaban J connectivity index is 1.45. The van der Waals surface area contributed by atoms with Gasteiger partial charge in [0.05, 0.1) is 12.0 Å². The fraction of sp³-hybridized carbons (Fsp3) is 0.240. The van der Waals surface area contributed by atoms with Gasteiger partial charge < -0.3 is 15.4 Å². The second-order valence-corrected chi connectivity index (χ2v) is 8.69. The van der Waals surface area contributed by atoms with Gasteiger partial charge in [-0.2, -0.15) is 0 Å². The van der Waals surface area contributed by atoms with Gasteiger partial charge in [-0.3, -0.25) is 4.79 Å². The molecule has 2 N–H and O–H groups in total. The third-order valence-corrected chi connectivity index (χ3v) is 6.11. The lowest BCUT2D eigenvalue weighted by molar-refractivity contribution is -0.115. The zero-order chi connectivity index (χ0) is 22.5. The highest BCUT2D eigenvalue weighted by atomic mass is 32.1. The molecule has 0 aliphatic carbocycles. The minimum Gasteiger partial charge on any atom is -0.494 e. The van der Waals surface area contributed by atoms with Crippen molar-refractivity contribution in [2.75, 3.05) is 23.8 Å². The molecule has 2 heterocycles. The van der Waals surface area contributed by atoms with E-state index in [-0.39, 0.29) is 5.91 Å². The van der Waals surface area contributed by atoms with Gasteiger partial charge in [0.15, 0.2) is 0 Å². The average Bonchev–Trinajstić information content (AvgIpc) is 3.12. The van der Waals surface area contributed by atoms with E-state index in [2.05, 4.69) is 58.7 Å². The molecular weight excluding hydrogens is 420 g/mol. The smallest absolute Gasteiger partial charge is 0.226 e. The predicted molar refractivity (Wildman–Crippen MR) is 132 cm³/mol. The van der Waals surface area contributed by atoms with Crippen molar-refractivity contribution in [2.45, 2.75) is 27.2 Å². The highest BCUT2D eigenvalue weighted by Crippen LogP contribution is 2.40. The maximum absolute atomic E-state index is 12.4. The van der Waals surface area contributed by atoms with Crippen molar-refractivity contribution in [3.05, 3.63) is 65.3 Å². The maximum Gasteiger partial charge on any atom is 0.226 e. The number of amides is 1. The van der Waals surface area contributed by atoms with Crippen LogP contribution in [0.25, 0.3) is 21.3 Å². The molecule has 0 radical (unpaired) electrons. The molecule has 164 valence electrons. The van der Waals surface area contributed by atoms with Crippen LogP contribution in [0.15, 0.2) is 54.9 Å². The number of anilines is 2. The summed E-state index contributed by atoms with van der Waals surface area (Å²) in [4.78, 5) is 23.5. The molecule has 0 fully saturated rings. The number of aryl methyl sites for hydroxylation is 2. The number of hydrogen-bond acceptors (Lipinski definition) is 6. The van der Waals surface area contributed by atoms with E-state index in [4.69, 9.17) is 4.74 Å². The zero-order valence-corrected chi connectivity index (χ0v) is 19.3. The van der Waals surface area contributed by atoms with Crippen LogP contribution in [0.3, 0.4) is 0 Å². The van der Waals surface area contributed by atoms with E-state index in [1.807, 2.05) is 31.2 Å². The summed E-state index contributed by atoms with van der Waals surface area (Å²) in [6, 6.07) is 15.9. The first-order valence-corrected chi connectivity index (χ1v) is 11.4. The van der Waals surface area contributed by atoms with Gasteiger partial charge in [-0.05, 0) is 50.6 Å². The first kappa shape index (κ1) is 21.8. The fourth-order valence-electron chi connectivity index (χ4n) is 3.57. The Morgan fingerprint density at radius 1 is 1.03 bits per heavy atom. The molecule has 6 nitrogen and oxygen atoms in total. The second kappa shape index (κ2) is 9.78. The molecule has 7 heteroatoms. The molecule has 0 aliphatic heterocycles. The monoisotopic (exact) mass is 446 g/mol. The summed E-state index contributed by atoms with van der Waals surface area (Å²) in [5.74, 6) is 1.48. The number of thiophene rings is 1. The van der Waals surface area contributed by atoms with E-state index in [1.54, 1.807) is 17.7 Å². The quantitative estimate of drug-likeness (QED) is 0.357. The van der Waals surface area contributed by atoms with E-state index in [1.165, 1.54) is 10.4 Å². The Hall–Kier alpha value is -3.45. The normalized spacial score (nSPS) is 10.8. The van der Waals surface area contributed by atoms with Gasteiger partial charge in [0.2, 0.25) is 5.91 Å². The second-order valence-electron chi connectivity index (χ2n) is 7.48. The van der Waals surface area contributed by atoms with Gasteiger partial charge in [0, 0.05) is 29.1 Å². The lowest BCUT2D eigenvalue weighted by Crippen LogP contribution is -2.16. The van der Waals surface area contributed by atoms with Crippen molar-refractivity contribution < 1.29 is 9.53 Å². The van der Waals surface area contributed by atoms with Crippen LogP contribution in [0.5, 0.6) is 5.75 Å². The summed E-state index contributed by atoms with van der Waals surface area (Å²) < 4.78 is 5.43. The molecule has 2 aromatic carbocycles. The molecule has 2 aromatic heterocycles. The zero-order valence-electron chi connectivity index (χ0n) is 18.4. The molecule has 4 aromatic rings. The lowest BCUT2D eigenvalue weighted by Gasteiger charge is -2.10. The SMILES string of the molecule is CCOc1ccc(NC(=O)CCNc2ncnc3sc(C)c(-c4ccc(C)cc4)c23)cc1. The van der Waals surface area contributed by atoms with Crippen molar-refractivity contribution in [1.82, 2.24) is 9.97 Å². The number of fused-ring (bicyclic) bond motifs is 1. The third kappa shape index (κ3) is 4.89. The van der Waals surface area contributed by atoms with Crippen LogP contribution in [0, 0.1) is 13.8 Å². The number of aromatic nitrogens is 2. The molecule has 32 heavy (non-hydrogen) atoms. The summed E-state index contributed by atoms with van der Waals surface area (Å²) in [6.45, 7) is 7.21. The number of nitrogens with one attached hydrogen (secondary N) is 2. The van der Waals surface area contributed by atoms with Gasteiger partial charge in [0.25, 0.3) is 0 Å². The van der Waals surface area contributed by atoms with E-state index >= 15 is 0 Å². The van der Waals surface area contributed by atoms with Crippen LogP contribution in [-0.2, 0) is 4.79 Å². The molecule has 4 rings (SSSR count). The molecule has 0 aliphatic rings. The first-order valence-electron chi connectivity index (χ1n) is 10.6. The van der Waals surface area contributed by atoms with Crippen LogP contribution in [0.2, 0.25) is 0 Å². The van der Waals surface area contributed by atoms with Crippen molar-refractivity contribution in [3.8, 4) is 16.9 Å². The summed E-state index contributed by atoms with van der Waals surface area (Å²) in [6.07, 6.45) is 1.89. The summed E-state index contributed by atoms with van der Waals surface area (Å²) >= 11 is 1.66. The van der Waals surface area contributed by atoms with Gasteiger partial charge in [0.1, 0.15) is 22.7 Å². The molecule has 0 spiro atoms. The van der Waals surface area contributed by atoms with Crippen molar-refractivity contribution in [3.63, 3.8) is 0 Å². The van der Waals surface area contributed by atoms with Crippen LogP contribution in [0.1, 0.15) is 23.8 Å². The van der Waals surface area contributed by atoms with Gasteiger partial charge in [-0.15, -0.1) is 11.3 Å². The van der Waals surface area contributed by atoms with Crippen LogP contribution < -0.4 is 15.4 Å². The minimum atomic E-state index is -0.0628. The molecule has 0 unspecified atom stereocenters. The van der Waals surface area contributed by atoms with Gasteiger partial charge in [-0.1, -0.05) is 29.8 Å². The highest BCUT2D eigenvalue weighted by Gasteiger charge is 2.16. The Morgan fingerprint density at radius 3 is 2.50 bits per heavy atom. The number of nitrogens with zero attached hydrogens (tertiary/aromatic N) is 2. The van der Waals surface area contributed by atoms with Crippen molar-refractivity contribution in [1.29, 1.82) is 0 Å². The van der Waals surface area contributed by atoms with E-state index in [0.717, 1.165) is 38.6 Å². The van der Waals surface area contributed by atoms with Crippen LogP contribution in [0.4, 0.5) is 11.5 Å². The largest absolute Gasteiger partial charge is 0.494 e. The van der Waals surface area contributed by atoms with Crippen LogP contribution in [-0.4, -0.2) is 29.0 Å². The average molecular weight is 447 g/mol. The topological polar surface area (TPSA) is 76.1 Å². The van der Waals surface area contributed by atoms with Crippen LogP contribution >= 0.6 is 11.3 Å². The number of carbonyl (C=O) groups excluding carboxylic acids is 1. The Kier molecular flexibility index (Phi) is 6.66. The molecule has 0 atom stereocenters. The predicted octanol–water partition coefficient (Wildman–Crippen LogP) is 5.81. The number of hydrogen-bond donors (Lipinski definition) is 2.